The van der Waals surface area contributed by atoms with Crippen molar-refractivity contribution in [2.24, 2.45) is 5.92 Å². The van der Waals surface area contributed by atoms with Crippen molar-refractivity contribution in [2.75, 3.05) is 26.2 Å². The number of carbonyl (C=O) groups excluding carboxylic acids is 1. The summed E-state index contributed by atoms with van der Waals surface area (Å²) in [6, 6.07) is 6.14. The number of hydrogen-bond donors (Lipinski definition) is 1. The molecule has 2 aliphatic rings. The lowest BCUT2D eigenvalue weighted by atomic mass is 9.95. The molecule has 1 atom stereocenters. The van der Waals surface area contributed by atoms with Crippen molar-refractivity contribution in [1.29, 1.82) is 0 Å². The number of ether oxygens (including phenoxy) is 1. The van der Waals surface area contributed by atoms with Gasteiger partial charge in [-0.25, -0.2) is 0 Å². The molecule has 1 amide bonds. The van der Waals surface area contributed by atoms with Crippen molar-refractivity contribution in [1.82, 2.24) is 14.8 Å². The fourth-order valence-corrected chi connectivity index (χ4v) is 4.66. The first kappa shape index (κ1) is 19.7. The Balaban J connectivity index is 1.32. The van der Waals surface area contributed by atoms with Crippen molar-refractivity contribution in [2.45, 2.75) is 51.8 Å². The zero-order valence-electron chi connectivity index (χ0n) is 16.6. The van der Waals surface area contributed by atoms with Crippen molar-refractivity contribution in [3.8, 4) is 0 Å². The second kappa shape index (κ2) is 8.85. The molecule has 0 spiro atoms. The van der Waals surface area contributed by atoms with E-state index >= 15 is 0 Å². The lowest BCUT2D eigenvalue weighted by Gasteiger charge is -2.31. The van der Waals surface area contributed by atoms with Crippen LogP contribution in [0.3, 0.4) is 0 Å². The molecule has 6 heteroatoms. The number of benzene rings is 1. The molecule has 0 unspecified atom stereocenters. The summed E-state index contributed by atoms with van der Waals surface area (Å²) in [5.41, 5.74) is 2.56. The average Bonchev–Trinajstić information content (AvgIpc) is 3.34. The van der Waals surface area contributed by atoms with Gasteiger partial charge in [0.1, 0.15) is 0 Å². The number of carbonyl (C=O) groups is 1. The van der Waals surface area contributed by atoms with Gasteiger partial charge in [-0.3, -0.25) is 9.69 Å². The topological polar surface area (TPSA) is 46.5 Å². The molecule has 0 bridgehead atoms. The van der Waals surface area contributed by atoms with Crippen LogP contribution in [0.25, 0.3) is 10.9 Å². The van der Waals surface area contributed by atoms with Crippen molar-refractivity contribution in [3.05, 3.63) is 35.0 Å². The third-order valence-corrected chi connectivity index (χ3v) is 6.38. The number of rotatable bonds is 6. The van der Waals surface area contributed by atoms with Crippen molar-refractivity contribution < 1.29 is 9.53 Å². The smallest absolute Gasteiger partial charge is 0.223 e. The number of hydrogen-bond acceptors (Lipinski definition) is 3. The number of halogens is 1. The fourth-order valence-electron chi connectivity index (χ4n) is 4.49. The lowest BCUT2D eigenvalue weighted by Crippen LogP contribution is -2.42. The summed E-state index contributed by atoms with van der Waals surface area (Å²) in [4.78, 5) is 14.9. The monoisotopic (exact) mass is 403 g/mol. The number of piperidine rings is 1. The predicted molar refractivity (Wildman–Crippen MR) is 113 cm³/mol. The van der Waals surface area contributed by atoms with E-state index < -0.39 is 0 Å². The first-order chi connectivity index (χ1) is 13.6. The number of fused-ring (bicyclic) bond motifs is 1. The molecule has 0 saturated carbocycles. The summed E-state index contributed by atoms with van der Waals surface area (Å²) >= 11 is 6.24. The first-order valence-corrected chi connectivity index (χ1v) is 10.9. The summed E-state index contributed by atoms with van der Waals surface area (Å²) in [6.45, 7) is 7.43. The Morgan fingerprint density at radius 1 is 1.29 bits per heavy atom. The average molecular weight is 404 g/mol. The van der Waals surface area contributed by atoms with Crippen LogP contribution in [0, 0.1) is 5.92 Å². The molecule has 1 N–H and O–H groups in total. The molecule has 1 aromatic carbocycles. The Kier molecular flexibility index (Phi) is 6.24. The minimum atomic E-state index is 0.129. The van der Waals surface area contributed by atoms with Crippen LogP contribution in [-0.2, 0) is 22.6 Å². The molecule has 28 heavy (non-hydrogen) atoms. The van der Waals surface area contributed by atoms with Gasteiger partial charge in [0, 0.05) is 54.3 Å². The van der Waals surface area contributed by atoms with Crippen LogP contribution < -0.4 is 5.32 Å². The zero-order chi connectivity index (χ0) is 19.5. The van der Waals surface area contributed by atoms with Crippen molar-refractivity contribution >= 4 is 28.4 Å². The highest BCUT2D eigenvalue weighted by Gasteiger charge is 2.26. The zero-order valence-corrected chi connectivity index (χ0v) is 17.4. The number of aryl methyl sites for hydroxylation is 1. The van der Waals surface area contributed by atoms with E-state index in [1.165, 1.54) is 16.5 Å². The quantitative estimate of drug-likeness (QED) is 0.797. The molecular weight excluding hydrogens is 374 g/mol. The minimum absolute atomic E-state index is 0.129. The van der Waals surface area contributed by atoms with Gasteiger partial charge in [-0.05, 0) is 69.5 Å². The van der Waals surface area contributed by atoms with Crippen molar-refractivity contribution in [3.63, 3.8) is 0 Å². The molecule has 4 rings (SSSR count). The Bertz CT molecular complexity index is 821. The van der Waals surface area contributed by atoms with Gasteiger partial charge in [-0.15, -0.1) is 0 Å². The Labute approximate surface area is 172 Å². The lowest BCUT2D eigenvalue weighted by molar-refractivity contribution is -0.127. The van der Waals surface area contributed by atoms with E-state index in [1.807, 2.05) is 6.07 Å². The summed E-state index contributed by atoms with van der Waals surface area (Å²) in [5.74, 6) is 0.327. The molecule has 0 aliphatic carbocycles. The summed E-state index contributed by atoms with van der Waals surface area (Å²) in [6.07, 6.45) is 6.48. The highest BCUT2D eigenvalue weighted by Crippen LogP contribution is 2.27. The molecule has 3 heterocycles. The van der Waals surface area contributed by atoms with Gasteiger partial charge >= 0.3 is 0 Å². The summed E-state index contributed by atoms with van der Waals surface area (Å²) in [5, 5.41) is 5.12. The molecule has 5 nitrogen and oxygen atoms in total. The molecule has 2 fully saturated rings. The fraction of sp³-hybridized carbons (Fsp3) is 0.591. The number of aromatic nitrogens is 1. The van der Waals surface area contributed by atoms with Gasteiger partial charge in [0.05, 0.1) is 6.10 Å². The Morgan fingerprint density at radius 3 is 2.82 bits per heavy atom. The third kappa shape index (κ3) is 4.37. The second-order valence-corrected chi connectivity index (χ2v) is 8.47. The third-order valence-electron chi connectivity index (χ3n) is 6.15. The van der Waals surface area contributed by atoms with Crippen LogP contribution in [0.4, 0.5) is 0 Å². The van der Waals surface area contributed by atoms with E-state index in [9.17, 15) is 4.79 Å². The Morgan fingerprint density at radius 2 is 2.11 bits per heavy atom. The molecular formula is C22H30ClN3O2. The van der Waals surface area contributed by atoms with E-state index in [0.29, 0.717) is 6.54 Å². The van der Waals surface area contributed by atoms with E-state index in [2.05, 4.69) is 40.0 Å². The summed E-state index contributed by atoms with van der Waals surface area (Å²) < 4.78 is 7.88. The maximum atomic E-state index is 12.5. The van der Waals surface area contributed by atoms with E-state index in [0.717, 1.165) is 63.5 Å². The van der Waals surface area contributed by atoms with Crippen LogP contribution in [0.5, 0.6) is 0 Å². The van der Waals surface area contributed by atoms with E-state index in [1.54, 1.807) is 0 Å². The normalized spacial score (nSPS) is 21.4. The summed E-state index contributed by atoms with van der Waals surface area (Å²) in [7, 11) is 0. The Hall–Kier alpha value is -1.56. The van der Waals surface area contributed by atoms with Gasteiger partial charge in [-0.1, -0.05) is 11.6 Å². The van der Waals surface area contributed by atoms with E-state index in [4.69, 9.17) is 16.3 Å². The first-order valence-electron chi connectivity index (χ1n) is 10.5. The number of likely N-dealkylation sites (tertiary alicyclic amines) is 1. The molecule has 1 aromatic heterocycles. The molecule has 152 valence electrons. The van der Waals surface area contributed by atoms with E-state index in [-0.39, 0.29) is 17.9 Å². The SMILES string of the molecule is CCn1cc(CN2CCC(C(=O)NC[C@@H]3CCCO3)CC2)c2cc(Cl)ccc21. The number of amides is 1. The number of nitrogens with one attached hydrogen (secondary N) is 1. The van der Waals surface area contributed by atoms with Gasteiger partial charge < -0.3 is 14.6 Å². The van der Waals surface area contributed by atoms with Crippen LogP contribution >= 0.6 is 11.6 Å². The van der Waals surface area contributed by atoms with Gasteiger partial charge in [0.25, 0.3) is 0 Å². The molecule has 2 saturated heterocycles. The van der Waals surface area contributed by atoms with Gasteiger partial charge in [0.2, 0.25) is 5.91 Å². The van der Waals surface area contributed by atoms with Crippen LogP contribution in [0.2, 0.25) is 5.02 Å². The molecule has 0 radical (unpaired) electrons. The van der Waals surface area contributed by atoms with Gasteiger partial charge in [-0.2, -0.15) is 0 Å². The van der Waals surface area contributed by atoms with Gasteiger partial charge in [0.15, 0.2) is 0 Å². The highest BCUT2D eigenvalue weighted by atomic mass is 35.5. The minimum Gasteiger partial charge on any atom is -0.376 e. The maximum absolute atomic E-state index is 12.5. The maximum Gasteiger partial charge on any atom is 0.223 e. The van der Waals surface area contributed by atoms with Crippen LogP contribution in [0.1, 0.15) is 38.2 Å². The van der Waals surface area contributed by atoms with Crippen LogP contribution in [0.15, 0.2) is 24.4 Å². The van der Waals surface area contributed by atoms with Crippen LogP contribution in [-0.4, -0.2) is 47.7 Å². The number of nitrogens with zero attached hydrogens (tertiary/aromatic N) is 2. The highest BCUT2D eigenvalue weighted by molar-refractivity contribution is 6.31. The predicted octanol–water partition coefficient (Wildman–Crippen LogP) is 3.82. The second-order valence-electron chi connectivity index (χ2n) is 8.03. The molecule has 2 aromatic rings. The standard InChI is InChI=1S/C22H30ClN3O2/c1-2-26-15-17(20-12-18(23)5-6-21(20)26)14-25-9-7-16(8-10-25)22(27)24-13-19-4-3-11-28-19/h5-6,12,15-16,19H,2-4,7-11,13-14H2,1H3,(H,24,27)/t19-/m0/s1. The molecule has 2 aliphatic heterocycles. The largest absolute Gasteiger partial charge is 0.376 e.